The second kappa shape index (κ2) is 3.15. The van der Waals surface area contributed by atoms with Gasteiger partial charge in [-0.1, -0.05) is 0 Å². The molecule has 2 aliphatic rings. The summed E-state index contributed by atoms with van der Waals surface area (Å²) in [5.41, 5.74) is 1.05. The van der Waals surface area contributed by atoms with Gasteiger partial charge in [-0.3, -0.25) is 0 Å². The first kappa shape index (κ1) is 9.06. The van der Waals surface area contributed by atoms with Crippen LogP contribution in [0.2, 0.25) is 0 Å². The minimum atomic E-state index is -0.0301. The third-order valence-electron chi connectivity index (χ3n) is 3.01. The lowest BCUT2D eigenvalue weighted by atomic mass is 9.78. The van der Waals surface area contributed by atoms with Crippen molar-refractivity contribution in [1.29, 1.82) is 0 Å². The van der Waals surface area contributed by atoms with Crippen LogP contribution < -0.4 is 4.90 Å². The van der Waals surface area contributed by atoms with Crippen LogP contribution >= 0.6 is 0 Å². The molecule has 1 aromatic heterocycles. The van der Waals surface area contributed by atoms with Crippen LogP contribution in [-0.4, -0.2) is 41.4 Å². The van der Waals surface area contributed by atoms with E-state index in [2.05, 4.69) is 14.9 Å². The Kier molecular flexibility index (Phi) is 1.90. The fourth-order valence-electron chi connectivity index (χ4n) is 2.10. The Balaban J connectivity index is 1.72. The highest BCUT2D eigenvalue weighted by Gasteiger charge is 2.49. The quantitative estimate of drug-likeness (QED) is 0.728. The van der Waals surface area contributed by atoms with E-state index in [9.17, 15) is 0 Å². The van der Waals surface area contributed by atoms with Gasteiger partial charge in [0.2, 0.25) is 5.95 Å². The first-order chi connectivity index (χ1) is 7.31. The molecular formula is C10H13N3O2. The zero-order chi connectivity index (χ0) is 10.3. The maximum absolute atomic E-state index is 8.97. The van der Waals surface area contributed by atoms with Crippen molar-refractivity contribution in [3.63, 3.8) is 0 Å². The van der Waals surface area contributed by atoms with E-state index in [1.165, 1.54) is 0 Å². The van der Waals surface area contributed by atoms with Crippen LogP contribution in [0.3, 0.4) is 0 Å². The van der Waals surface area contributed by atoms with Gasteiger partial charge in [-0.2, -0.15) is 0 Å². The first-order valence-corrected chi connectivity index (χ1v) is 5.07. The Morgan fingerprint density at radius 1 is 1.47 bits per heavy atom. The number of aliphatic hydroxyl groups is 1. The molecule has 0 saturated carbocycles. The predicted octanol–water partition coefficient (Wildman–Crippen LogP) is -0.195. The van der Waals surface area contributed by atoms with Crippen LogP contribution in [0.1, 0.15) is 5.69 Å². The third-order valence-corrected chi connectivity index (χ3v) is 3.01. The maximum Gasteiger partial charge on any atom is 0.225 e. The van der Waals surface area contributed by atoms with E-state index < -0.39 is 0 Å². The lowest BCUT2D eigenvalue weighted by molar-refractivity contribution is -0.127. The van der Waals surface area contributed by atoms with E-state index in [0.29, 0.717) is 11.1 Å². The summed E-state index contributed by atoms with van der Waals surface area (Å²) < 4.78 is 5.20. The number of hydrogen-bond acceptors (Lipinski definition) is 5. The van der Waals surface area contributed by atoms with E-state index in [1.54, 1.807) is 12.3 Å². The average Bonchev–Trinajstić information content (AvgIpc) is 2.14. The van der Waals surface area contributed by atoms with Crippen LogP contribution in [0.4, 0.5) is 5.95 Å². The minimum absolute atomic E-state index is 0.0301. The lowest BCUT2D eigenvalue weighted by Gasteiger charge is -2.54. The summed E-state index contributed by atoms with van der Waals surface area (Å²) in [6.45, 7) is 3.65. The Labute approximate surface area is 87.7 Å². The topological polar surface area (TPSA) is 58.5 Å². The molecule has 5 nitrogen and oxygen atoms in total. The first-order valence-electron chi connectivity index (χ1n) is 5.07. The zero-order valence-electron chi connectivity index (χ0n) is 8.39. The molecule has 2 saturated heterocycles. The normalized spacial score (nSPS) is 22.3. The average molecular weight is 207 g/mol. The number of rotatable bonds is 2. The number of aromatic nitrogens is 2. The fraction of sp³-hybridized carbons (Fsp3) is 0.600. The summed E-state index contributed by atoms with van der Waals surface area (Å²) in [6, 6.07) is 1.73. The lowest BCUT2D eigenvalue weighted by Crippen LogP contribution is -2.66. The number of anilines is 1. The predicted molar refractivity (Wildman–Crippen MR) is 53.4 cm³/mol. The van der Waals surface area contributed by atoms with Gasteiger partial charge in [-0.25, -0.2) is 9.97 Å². The molecule has 0 radical (unpaired) electrons. The summed E-state index contributed by atoms with van der Waals surface area (Å²) in [7, 11) is 0. The second-order valence-electron chi connectivity index (χ2n) is 4.35. The molecule has 1 aromatic rings. The van der Waals surface area contributed by atoms with Gasteiger partial charge in [-0.15, -0.1) is 0 Å². The van der Waals surface area contributed by atoms with Gasteiger partial charge in [0.15, 0.2) is 0 Å². The fourth-order valence-corrected chi connectivity index (χ4v) is 2.10. The Bertz CT molecular complexity index is 371. The van der Waals surface area contributed by atoms with Crippen molar-refractivity contribution in [3.05, 3.63) is 18.0 Å². The number of aliphatic hydroxyl groups excluding tert-OH is 1. The molecule has 80 valence electrons. The van der Waals surface area contributed by atoms with E-state index in [4.69, 9.17) is 9.84 Å². The van der Waals surface area contributed by atoms with E-state index >= 15 is 0 Å². The third kappa shape index (κ3) is 1.39. The summed E-state index contributed by atoms with van der Waals surface area (Å²) in [6.07, 6.45) is 1.69. The summed E-state index contributed by atoms with van der Waals surface area (Å²) in [5.74, 6) is 0.721. The zero-order valence-corrected chi connectivity index (χ0v) is 8.39. The van der Waals surface area contributed by atoms with Gasteiger partial charge < -0.3 is 14.7 Å². The summed E-state index contributed by atoms with van der Waals surface area (Å²) >= 11 is 0. The van der Waals surface area contributed by atoms with Crippen molar-refractivity contribution in [2.45, 2.75) is 6.61 Å². The van der Waals surface area contributed by atoms with E-state index in [0.717, 1.165) is 32.3 Å². The molecule has 1 N–H and O–H groups in total. The minimum Gasteiger partial charge on any atom is -0.390 e. The van der Waals surface area contributed by atoms with Crippen molar-refractivity contribution < 1.29 is 9.84 Å². The molecule has 0 amide bonds. The standard InChI is InChI=1S/C10H13N3O2/c14-3-8-1-2-11-9(12-8)13-4-10(5-13)6-15-7-10/h1-2,14H,3-7H2. The molecule has 2 fully saturated rings. The highest BCUT2D eigenvalue weighted by molar-refractivity contribution is 5.37. The van der Waals surface area contributed by atoms with Crippen molar-refractivity contribution in [2.75, 3.05) is 31.2 Å². The highest BCUT2D eigenvalue weighted by atomic mass is 16.5. The summed E-state index contributed by atoms with van der Waals surface area (Å²) in [4.78, 5) is 10.6. The molecule has 0 unspecified atom stereocenters. The molecule has 3 rings (SSSR count). The SMILES string of the molecule is OCc1ccnc(N2CC3(COC3)C2)n1. The van der Waals surface area contributed by atoms with Crippen molar-refractivity contribution in [2.24, 2.45) is 5.41 Å². The van der Waals surface area contributed by atoms with E-state index in [1.807, 2.05) is 0 Å². The van der Waals surface area contributed by atoms with Gasteiger partial charge >= 0.3 is 0 Å². The molecule has 0 bridgehead atoms. The number of hydrogen-bond donors (Lipinski definition) is 1. The molecule has 1 spiro atoms. The largest absolute Gasteiger partial charge is 0.390 e. The number of nitrogens with zero attached hydrogens (tertiary/aromatic N) is 3. The van der Waals surface area contributed by atoms with Crippen LogP contribution in [-0.2, 0) is 11.3 Å². The molecule has 15 heavy (non-hydrogen) atoms. The van der Waals surface area contributed by atoms with Crippen molar-refractivity contribution in [3.8, 4) is 0 Å². The van der Waals surface area contributed by atoms with Gasteiger partial charge in [0.1, 0.15) is 0 Å². The molecule has 0 aliphatic carbocycles. The van der Waals surface area contributed by atoms with Gasteiger partial charge in [0.05, 0.1) is 30.9 Å². The van der Waals surface area contributed by atoms with Crippen LogP contribution in [0.15, 0.2) is 12.3 Å². The smallest absolute Gasteiger partial charge is 0.225 e. The molecule has 0 atom stereocenters. The highest BCUT2D eigenvalue weighted by Crippen LogP contribution is 2.38. The summed E-state index contributed by atoms with van der Waals surface area (Å²) in [5, 5.41) is 8.97. The molecule has 5 heteroatoms. The second-order valence-corrected chi connectivity index (χ2v) is 4.35. The Morgan fingerprint density at radius 3 is 2.87 bits per heavy atom. The Morgan fingerprint density at radius 2 is 2.27 bits per heavy atom. The van der Waals surface area contributed by atoms with Crippen molar-refractivity contribution in [1.82, 2.24) is 9.97 Å². The molecule has 0 aromatic carbocycles. The van der Waals surface area contributed by atoms with Gasteiger partial charge in [-0.05, 0) is 6.07 Å². The van der Waals surface area contributed by atoms with Crippen LogP contribution in [0.25, 0.3) is 0 Å². The molecule has 3 heterocycles. The van der Waals surface area contributed by atoms with Gasteiger partial charge in [0, 0.05) is 19.3 Å². The van der Waals surface area contributed by atoms with E-state index in [-0.39, 0.29) is 6.61 Å². The van der Waals surface area contributed by atoms with Crippen LogP contribution in [0, 0.1) is 5.41 Å². The maximum atomic E-state index is 8.97. The van der Waals surface area contributed by atoms with Crippen LogP contribution in [0.5, 0.6) is 0 Å². The molecular weight excluding hydrogens is 194 g/mol. The molecule has 2 aliphatic heterocycles. The van der Waals surface area contributed by atoms with Crippen molar-refractivity contribution >= 4 is 5.95 Å². The van der Waals surface area contributed by atoms with Gasteiger partial charge in [0.25, 0.3) is 0 Å². The monoisotopic (exact) mass is 207 g/mol. The Hall–Kier alpha value is -1.20. The number of ether oxygens (including phenoxy) is 1.